The Balaban J connectivity index is 2.28. The molecule has 150 valence electrons. The van der Waals surface area contributed by atoms with E-state index >= 15 is 0 Å². The first kappa shape index (κ1) is 20.9. The number of carbonyl (C=O) groups is 1. The van der Waals surface area contributed by atoms with Crippen LogP contribution in [0.4, 0.5) is 0 Å². The lowest BCUT2D eigenvalue weighted by Crippen LogP contribution is -2.38. The van der Waals surface area contributed by atoms with Crippen LogP contribution >= 0.6 is 15.9 Å². The van der Waals surface area contributed by atoms with Crippen molar-refractivity contribution in [3.8, 4) is 0 Å². The van der Waals surface area contributed by atoms with Gasteiger partial charge in [-0.1, -0.05) is 13.8 Å². The fourth-order valence-electron chi connectivity index (χ4n) is 3.32. The molecule has 0 saturated carbocycles. The number of pyridine rings is 2. The predicted octanol–water partition coefficient (Wildman–Crippen LogP) is 3.11. The Bertz CT molecular complexity index is 1190. The maximum Gasteiger partial charge on any atom is 0.329 e. The summed E-state index contributed by atoms with van der Waals surface area (Å²) in [5.41, 5.74) is 1.69. The molecule has 0 radical (unpaired) electrons. The number of H-pyrrole nitrogens is 1. The Morgan fingerprint density at radius 1 is 1.21 bits per heavy atom. The minimum atomic E-state index is -0.639. The van der Waals surface area contributed by atoms with Gasteiger partial charge in [0.25, 0.3) is 5.56 Å². The monoisotopic (exact) mass is 456 g/mol. The predicted molar refractivity (Wildman–Crippen MR) is 114 cm³/mol. The van der Waals surface area contributed by atoms with Crippen LogP contribution in [-0.2, 0) is 6.54 Å². The number of ketones is 1. The molecule has 0 aliphatic rings. The van der Waals surface area contributed by atoms with Gasteiger partial charge >= 0.3 is 5.69 Å². The third-order valence-corrected chi connectivity index (χ3v) is 4.92. The van der Waals surface area contributed by atoms with E-state index in [9.17, 15) is 14.4 Å². The van der Waals surface area contributed by atoms with Crippen LogP contribution in [0.3, 0.4) is 0 Å². The van der Waals surface area contributed by atoms with Gasteiger partial charge in [0.1, 0.15) is 16.0 Å². The van der Waals surface area contributed by atoms with E-state index in [1.165, 1.54) is 4.57 Å². The molecule has 0 saturated heterocycles. The zero-order valence-electron chi connectivity index (χ0n) is 16.6. The number of aromatic amines is 1. The van der Waals surface area contributed by atoms with E-state index < -0.39 is 17.0 Å². The number of rotatable bonds is 5. The van der Waals surface area contributed by atoms with Crippen LogP contribution in [-0.4, -0.2) is 25.3 Å². The summed E-state index contributed by atoms with van der Waals surface area (Å²) in [6, 6.07) is 7.04. The molecule has 0 unspecified atom stereocenters. The number of nitrogens with zero attached hydrogens (tertiary/aromatic N) is 3. The number of aromatic nitrogens is 4. The van der Waals surface area contributed by atoms with Crippen molar-refractivity contribution in [2.75, 3.05) is 0 Å². The van der Waals surface area contributed by atoms with Crippen molar-refractivity contribution in [1.29, 1.82) is 0 Å². The van der Waals surface area contributed by atoms with Gasteiger partial charge in [-0.2, -0.15) is 0 Å². The van der Waals surface area contributed by atoms with Crippen LogP contribution in [0.5, 0.6) is 0 Å². The molecule has 3 aromatic rings. The van der Waals surface area contributed by atoms with Gasteiger partial charge in [-0.15, -0.1) is 0 Å². The first-order valence-corrected chi connectivity index (χ1v) is 9.94. The number of hydrogen-bond acceptors (Lipinski definition) is 5. The summed E-state index contributed by atoms with van der Waals surface area (Å²) in [5, 5.41) is 0. The summed E-state index contributed by atoms with van der Waals surface area (Å²) in [4.78, 5) is 49.5. The highest BCUT2D eigenvalue weighted by Crippen LogP contribution is 2.19. The second-order valence-electron chi connectivity index (χ2n) is 7.25. The second-order valence-corrected chi connectivity index (χ2v) is 8.06. The third-order valence-electron chi connectivity index (χ3n) is 4.49. The molecule has 3 rings (SSSR count). The van der Waals surface area contributed by atoms with Gasteiger partial charge < -0.3 is 0 Å². The van der Waals surface area contributed by atoms with Gasteiger partial charge in [-0.05, 0) is 71.1 Å². The fraction of sp³-hybridized carbons (Fsp3) is 0.286. The average Bonchev–Trinajstić information content (AvgIpc) is 2.62. The lowest BCUT2D eigenvalue weighted by atomic mass is 9.98. The molecule has 0 aromatic carbocycles. The van der Waals surface area contributed by atoms with Crippen LogP contribution in [0.2, 0.25) is 0 Å². The SMILES string of the molecule is Cc1cc(C)nc(C(=O)c2c(C(C)C)c(=O)[nH]c(=O)n2Cc2ccnc(Br)c2)c1. The highest BCUT2D eigenvalue weighted by Gasteiger charge is 2.25. The average molecular weight is 457 g/mol. The minimum Gasteiger partial charge on any atom is -0.285 e. The maximum atomic E-state index is 13.5. The molecule has 0 atom stereocenters. The summed E-state index contributed by atoms with van der Waals surface area (Å²) >= 11 is 3.31. The van der Waals surface area contributed by atoms with E-state index in [4.69, 9.17) is 0 Å². The molecular weight excluding hydrogens is 436 g/mol. The van der Waals surface area contributed by atoms with E-state index in [0.29, 0.717) is 10.3 Å². The molecule has 1 N–H and O–H groups in total. The number of aryl methyl sites for hydroxylation is 2. The second kappa shape index (κ2) is 8.24. The molecule has 0 aliphatic carbocycles. The van der Waals surface area contributed by atoms with Gasteiger partial charge in [0.05, 0.1) is 6.54 Å². The molecule has 0 spiro atoms. The topological polar surface area (TPSA) is 97.7 Å². The largest absolute Gasteiger partial charge is 0.329 e. The standard InChI is InChI=1S/C21H21BrN4O3/c1-11(2)17-18(19(27)15-8-12(3)7-13(4)24-15)26(21(29)25-20(17)28)10-14-5-6-23-16(22)9-14/h5-9,11H,10H2,1-4H3,(H,25,28,29). The molecule has 0 bridgehead atoms. The van der Waals surface area contributed by atoms with Crippen molar-refractivity contribution in [3.05, 3.63) is 89.7 Å². The number of nitrogens with one attached hydrogen (secondary N) is 1. The van der Waals surface area contributed by atoms with Gasteiger partial charge in [-0.3, -0.25) is 19.1 Å². The zero-order valence-corrected chi connectivity index (χ0v) is 18.2. The molecular formula is C21H21BrN4O3. The molecule has 7 nitrogen and oxygen atoms in total. The van der Waals surface area contributed by atoms with Crippen LogP contribution in [0, 0.1) is 13.8 Å². The maximum absolute atomic E-state index is 13.5. The molecule has 0 aliphatic heterocycles. The van der Waals surface area contributed by atoms with Gasteiger partial charge in [-0.25, -0.2) is 14.8 Å². The van der Waals surface area contributed by atoms with Crippen LogP contribution < -0.4 is 11.2 Å². The fourth-order valence-corrected chi connectivity index (χ4v) is 3.73. The molecule has 0 fully saturated rings. The van der Waals surface area contributed by atoms with Crippen LogP contribution in [0.1, 0.15) is 58.3 Å². The van der Waals surface area contributed by atoms with Crippen molar-refractivity contribution in [3.63, 3.8) is 0 Å². The van der Waals surface area contributed by atoms with Crippen molar-refractivity contribution in [1.82, 2.24) is 19.5 Å². The summed E-state index contributed by atoms with van der Waals surface area (Å²) in [5.74, 6) is -0.712. The Kier molecular flexibility index (Phi) is 5.93. The molecule has 0 amide bonds. The highest BCUT2D eigenvalue weighted by atomic mass is 79.9. The van der Waals surface area contributed by atoms with Crippen LogP contribution in [0.25, 0.3) is 0 Å². The number of carbonyl (C=O) groups excluding carboxylic acids is 1. The molecule has 8 heteroatoms. The highest BCUT2D eigenvalue weighted by molar-refractivity contribution is 9.10. The normalized spacial score (nSPS) is 11.1. The number of hydrogen-bond donors (Lipinski definition) is 1. The number of halogens is 1. The lowest BCUT2D eigenvalue weighted by molar-refractivity contribution is 0.102. The van der Waals surface area contributed by atoms with Gasteiger partial charge in [0, 0.05) is 17.5 Å². The summed E-state index contributed by atoms with van der Waals surface area (Å²) in [6.45, 7) is 7.41. The summed E-state index contributed by atoms with van der Waals surface area (Å²) in [7, 11) is 0. The summed E-state index contributed by atoms with van der Waals surface area (Å²) < 4.78 is 1.92. The zero-order chi connectivity index (χ0) is 21.3. The van der Waals surface area contributed by atoms with E-state index in [2.05, 4.69) is 30.9 Å². The first-order chi connectivity index (χ1) is 13.7. The first-order valence-electron chi connectivity index (χ1n) is 9.14. The van der Waals surface area contributed by atoms with Crippen LogP contribution in [0.15, 0.2) is 44.7 Å². The van der Waals surface area contributed by atoms with Crippen molar-refractivity contribution in [2.45, 2.75) is 40.2 Å². The quantitative estimate of drug-likeness (QED) is 0.469. The van der Waals surface area contributed by atoms with Gasteiger partial charge in [0.2, 0.25) is 5.78 Å². The Morgan fingerprint density at radius 2 is 1.93 bits per heavy atom. The van der Waals surface area contributed by atoms with E-state index in [-0.39, 0.29) is 29.4 Å². The summed E-state index contributed by atoms with van der Waals surface area (Å²) in [6.07, 6.45) is 1.60. The van der Waals surface area contributed by atoms with E-state index in [1.807, 2.05) is 26.8 Å². The molecule has 29 heavy (non-hydrogen) atoms. The molecule has 3 aromatic heterocycles. The Labute approximate surface area is 176 Å². The third kappa shape index (κ3) is 4.42. The minimum absolute atomic E-state index is 0.0687. The van der Waals surface area contributed by atoms with E-state index in [1.54, 1.807) is 31.3 Å². The van der Waals surface area contributed by atoms with Crippen molar-refractivity contribution < 1.29 is 4.79 Å². The smallest absolute Gasteiger partial charge is 0.285 e. The van der Waals surface area contributed by atoms with Crippen molar-refractivity contribution >= 4 is 21.7 Å². The van der Waals surface area contributed by atoms with E-state index in [0.717, 1.165) is 11.1 Å². The molecule has 3 heterocycles. The Morgan fingerprint density at radius 3 is 2.55 bits per heavy atom. The van der Waals surface area contributed by atoms with Gasteiger partial charge in [0.15, 0.2) is 0 Å². The van der Waals surface area contributed by atoms with Crippen molar-refractivity contribution in [2.24, 2.45) is 0 Å². The lowest BCUT2D eigenvalue weighted by Gasteiger charge is -2.17. The Hall–Kier alpha value is -2.87.